The van der Waals surface area contributed by atoms with Crippen molar-refractivity contribution in [3.05, 3.63) is 35.3 Å². The molecule has 0 unspecified atom stereocenters. The maximum absolute atomic E-state index is 13.0. The third kappa shape index (κ3) is 4.54. The lowest BCUT2D eigenvalue weighted by Gasteiger charge is -1.94. The van der Waals surface area contributed by atoms with Gasteiger partial charge >= 0.3 is 0 Å². The van der Waals surface area contributed by atoms with Gasteiger partial charge in [-0.05, 0) is 37.6 Å². The van der Waals surface area contributed by atoms with Crippen LogP contribution in [0, 0.1) is 19.7 Å². The number of nitrogens with one attached hydrogen (secondary N) is 1. The number of halogens is 1. The molecule has 2 rings (SSSR count). The maximum Gasteiger partial charge on any atom is 0.128 e. The molecule has 2 N–H and O–H groups in total. The number of benzene rings is 1. The quantitative estimate of drug-likeness (QED) is 0.539. The SMILES string of the molecule is CC.COO.Cc1cc2cc(C)c(F)cc2[nH]1. The first-order valence-corrected chi connectivity index (χ1v) is 5.51. The van der Waals surface area contributed by atoms with E-state index in [1.165, 1.54) is 13.2 Å². The molecule has 0 bridgehead atoms. The zero-order valence-corrected chi connectivity index (χ0v) is 11.0. The molecule has 2 aromatic rings. The number of fused-ring (bicyclic) bond motifs is 1. The van der Waals surface area contributed by atoms with Gasteiger partial charge in [-0.25, -0.2) is 9.28 Å². The van der Waals surface area contributed by atoms with Crippen LogP contribution in [-0.2, 0) is 4.89 Å². The Morgan fingerprint density at radius 1 is 1.18 bits per heavy atom. The smallest absolute Gasteiger partial charge is 0.128 e. The van der Waals surface area contributed by atoms with Gasteiger partial charge in [0.1, 0.15) is 5.82 Å². The van der Waals surface area contributed by atoms with Crippen molar-refractivity contribution in [1.29, 1.82) is 0 Å². The summed E-state index contributed by atoms with van der Waals surface area (Å²) in [6, 6.07) is 5.41. The highest BCUT2D eigenvalue weighted by molar-refractivity contribution is 5.81. The van der Waals surface area contributed by atoms with E-state index in [0.717, 1.165) is 16.6 Å². The zero-order valence-electron chi connectivity index (χ0n) is 11.0. The lowest BCUT2D eigenvalue weighted by atomic mass is 10.2. The average Bonchev–Trinajstić information content (AvgIpc) is 2.62. The van der Waals surface area contributed by atoms with Crippen molar-refractivity contribution < 1.29 is 14.5 Å². The molecule has 0 amide bonds. The first-order chi connectivity index (χ1) is 8.08. The predicted molar refractivity (Wildman–Crippen MR) is 68.7 cm³/mol. The van der Waals surface area contributed by atoms with Gasteiger partial charge in [0.05, 0.1) is 7.11 Å². The number of aryl methyl sites for hydroxylation is 2. The average molecular weight is 241 g/mol. The van der Waals surface area contributed by atoms with E-state index in [9.17, 15) is 4.39 Å². The maximum atomic E-state index is 13.0. The number of aromatic amines is 1. The monoisotopic (exact) mass is 241 g/mol. The molecule has 1 aromatic carbocycles. The van der Waals surface area contributed by atoms with Crippen molar-refractivity contribution in [3.63, 3.8) is 0 Å². The summed E-state index contributed by atoms with van der Waals surface area (Å²) in [5.74, 6) is -0.149. The molecule has 0 fully saturated rings. The normalized spacial score (nSPS) is 9.12. The molecular formula is C13H20FNO2. The Labute approximate surface area is 101 Å². The first kappa shape index (κ1) is 15.6. The summed E-state index contributed by atoms with van der Waals surface area (Å²) in [6.07, 6.45) is 0. The van der Waals surface area contributed by atoms with Crippen LogP contribution in [0.5, 0.6) is 0 Å². The van der Waals surface area contributed by atoms with E-state index in [1.807, 2.05) is 32.9 Å². The van der Waals surface area contributed by atoms with Gasteiger partial charge in [0.25, 0.3) is 0 Å². The van der Waals surface area contributed by atoms with Gasteiger partial charge in [-0.15, -0.1) is 0 Å². The molecule has 0 atom stereocenters. The lowest BCUT2D eigenvalue weighted by Crippen LogP contribution is -1.80. The van der Waals surface area contributed by atoms with Crippen molar-refractivity contribution in [3.8, 4) is 0 Å². The van der Waals surface area contributed by atoms with E-state index in [4.69, 9.17) is 5.26 Å². The molecule has 0 aliphatic rings. The summed E-state index contributed by atoms with van der Waals surface area (Å²) >= 11 is 0. The van der Waals surface area contributed by atoms with Gasteiger partial charge in [0, 0.05) is 16.6 Å². The van der Waals surface area contributed by atoms with Gasteiger partial charge < -0.3 is 4.98 Å². The minimum absolute atomic E-state index is 0.149. The molecule has 96 valence electrons. The van der Waals surface area contributed by atoms with Gasteiger partial charge in [-0.2, -0.15) is 0 Å². The second-order valence-electron chi connectivity index (χ2n) is 3.32. The molecule has 0 aliphatic heterocycles. The van der Waals surface area contributed by atoms with Crippen LogP contribution in [0.15, 0.2) is 18.2 Å². The standard InChI is InChI=1S/C10H10FN.C2H6.CH4O2/c1-6-3-8-4-7(2)12-10(8)5-9(6)11;1-2;1-3-2/h3-5,12H,1-2H3;1-2H3;2H,1H3. The Balaban J connectivity index is 0.000000450. The third-order valence-corrected chi connectivity index (χ3v) is 2.03. The van der Waals surface area contributed by atoms with Crippen molar-refractivity contribution in [1.82, 2.24) is 4.98 Å². The first-order valence-electron chi connectivity index (χ1n) is 5.51. The van der Waals surface area contributed by atoms with E-state index < -0.39 is 0 Å². The number of hydrogen-bond donors (Lipinski definition) is 2. The fourth-order valence-electron chi connectivity index (χ4n) is 1.41. The Morgan fingerprint density at radius 2 is 1.71 bits per heavy atom. The Hall–Kier alpha value is -1.39. The van der Waals surface area contributed by atoms with Crippen LogP contribution in [0.4, 0.5) is 4.39 Å². The molecule has 1 aromatic heterocycles. The molecule has 0 aliphatic carbocycles. The predicted octanol–water partition coefficient (Wildman–Crippen LogP) is 4.06. The molecular weight excluding hydrogens is 221 g/mol. The van der Waals surface area contributed by atoms with Crippen molar-refractivity contribution in [2.75, 3.05) is 7.11 Å². The zero-order chi connectivity index (χ0) is 13.4. The van der Waals surface area contributed by atoms with Crippen LogP contribution in [-0.4, -0.2) is 17.4 Å². The summed E-state index contributed by atoms with van der Waals surface area (Å²) in [4.78, 5) is 6.34. The van der Waals surface area contributed by atoms with Gasteiger partial charge in [0.15, 0.2) is 0 Å². The molecule has 17 heavy (non-hydrogen) atoms. The molecule has 4 heteroatoms. The minimum Gasteiger partial charge on any atom is -0.359 e. The summed E-state index contributed by atoms with van der Waals surface area (Å²) in [5, 5.41) is 8.14. The summed E-state index contributed by atoms with van der Waals surface area (Å²) in [6.45, 7) is 7.74. The number of aromatic nitrogens is 1. The second kappa shape index (κ2) is 7.81. The van der Waals surface area contributed by atoms with Gasteiger partial charge in [-0.1, -0.05) is 13.8 Å². The van der Waals surface area contributed by atoms with Gasteiger partial charge in [0.2, 0.25) is 0 Å². The summed E-state index contributed by atoms with van der Waals surface area (Å²) in [5.41, 5.74) is 2.63. The Bertz CT molecular complexity index is 413. The van der Waals surface area contributed by atoms with E-state index >= 15 is 0 Å². The van der Waals surface area contributed by atoms with E-state index in [0.29, 0.717) is 5.56 Å². The Kier molecular flexibility index (Phi) is 7.18. The lowest BCUT2D eigenvalue weighted by molar-refractivity contribution is -0.214. The fraction of sp³-hybridized carbons (Fsp3) is 0.385. The highest BCUT2D eigenvalue weighted by atomic mass is 19.1. The minimum atomic E-state index is -0.149. The molecule has 1 heterocycles. The number of rotatable bonds is 0. The molecule has 0 saturated heterocycles. The van der Waals surface area contributed by atoms with E-state index in [-0.39, 0.29) is 5.82 Å². The Morgan fingerprint density at radius 3 is 2.24 bits per heavy atom. The highest BCUT2D eigenvalue weighted by Gasteiger charge is 2.01. The molecule has 0 saturated carbocycles. The fourth-order valence-corrected chi connectivity index (χ4v) is 1.41. The topological polar surface area (TPSA) is 45.2 Å². The van der Waals surface area contributed by atoms with Crippen LogP contribution < -0.4 is 0 Å². The van der Waals surface area contributed by atoms with Crippen molar-refractivity contribution in [2.24, 2.45) is 0 Å². The molecule has 0 spiro atoms. The summed E-state index contributed by atoms with van der Waals surface area (Å²) < 4.78 is 13.0. The van der Waals surface area contributed by atoms with Gasteiger partial charge in [-0.3, -0.25) is 5.26 Å². The van der Waals surface area contributed by atoms with Crippen LogP contribution in [0.3, 0.4) is 0 Å². The number of hydrogen-bond acceptors (Lipinski definition) is 2. The highest BCUT2D eigenvalue weighted by Crippen LogP contribution is 2.18. The van der Waals surface area contributed by atoms with E-state index in [1.54, 1.807) is 6.92 Å². The van der Waals surface area contributed by atoms with Crippen LogP contribution in [0.25, 0.3) is 10.9 Å². The van der Waals surface area contributed by atoms with Crippen LogP contribution in [0.2, 0.25) is 0 Å². The third-order valence-electron chi connectivity index (χ3n) is 2.03. The largest absolute Gasteiger partial charge is 0.359 e. The number of H-pyrrole nitrogens is 1. The summed E-state index contributed by atoms with van der Waals surface area (Å²) in [7, 11) is 1.18. The van der Waals surface area contributed by atoms with Crippen LogP contribution in [0.1, 0.15) is 25.1 Å². The second-order valence-corrected chi connectivity index (χ2v) is 3.32. The molecule has 3 nitrogen and oxygen atoms in total. The van der Waals surface area contributed by atoms with E-state index in [2.05, 4.69) is 9.87 Å². The molecule has 0 radical (unpaired) electrons. The van der Waals surface area contributed by atoms with Crippen molar-refractivity contribution >= 4 is 10.9 Å². The van der Waals surface area contributed by atoms with Crippen LogP contribution >= 0.6 is 0 Å². The van der Waals surface area contributed by atoms with Crippen molar-refractivity contribution in [2.45, 2.75) is 27.7 Å².